The molecule has 34 heavy (non-hydrogen) atoms. The molecule has 0 unspecified atom stereocenters. The number of piperidine rings is 1. The van der Waals surface area contributed by atoms with Crippen molar-refractivity contribution in [3.05, 3.63) is 78.4 Å². The van der Waals surface area contributed by atoms with Crippen LogP contribution in [0.25, 0.3) is 10.8 Å². The summed E-state index contributed by atoms with van der Waals surface area (Å²) < 4.78 is 28.3. The van der Waals surface area contributed by atoms with Gasteiger partial charge in [-0.1, -0.05) is 60.7 Å². The Morgan fingerprint density at radius 2 is 1.53 bits per heavy atom. The quantitative estimate of drug-likeness (QED) is 0.564. The number of nitrogens with zero attached hydrogens (tertiary/aromatic N) is 3. The van der Waals surface area contributed by atoms with Gasteiger partial charge >= 0.3 is 0 Å². The van der Waals surface area contributed by atoms with Gasteiger partial charge in [0.15, 0.2) is 0 Å². The highest BCUT2D eigenvalue weighted by atomic mass is 32.2. The van der Waals surface area contributed by atoms with Crippen LogP contribution in [0.3, 0.4) is 0 Å². The molecule has 0 saturated carbocycles. The van der Waals surface area contributed by atoms with Crippen LogP contribution in [0, 0.1) is 5.92 Å². The molecule has 2 fully saturated rings. The molecule has 0 bridgehead atoms. The summed E-state index contributed by atoms with van der Waals surface area (Å²) in [6.45, 7) is 4.68. The number of sulfonamides is 1. The van der Waals surface area contributed by atoms with Crippen LogP contribution in [0.2, 0.25) is 0 Å². The smallest absolute Gasteiger partial charge is 0.243 e. The van der Waals surface area contributed by atoms with Crippen molar-refractivity contribution in [2.75, 3.05) is 39.3 Å². The second-order valence-corrected chi connectivity index (χ2v) is 11.2. The Kier molecular flexibility index (Phi) is 6.68. The highest BCUT2D eigenvalue weighted by Crippen LogP contribution is 2.27. The average Bonchev–Trinajstić information content (AvgIpc) is 2.89. The van der Waals surface area contributed by atoms with Gasteiger partial charge in [-0.25, -0.2) is 8.42 Å². The van der Waals surface area contributed by atoms with E-state index in [4.69, 9.17) is 0 Å². The van der Waals surface area contributed by atoms with Gasteiger partial charge in [0, 0.05) is 45.8 Å². The lowest BCUT2D eigenvalue weighted by molar-refractivity contribution is -0.138. The minimum absolute atomic E-state index is 0.0952. The fourth-order valence-electron chi connectivity index (χ4n) is 5.07. The second kappa shape index (κ2) is 9.86. The summed E-state index contributed by atoms with van der Waals surface area (Å²) >= 11 is 0. The van der Waals surface area contributed by atoms with Crippen molar-refractivity contribution in [2.45, 2.75) is 24.3 Å². The molecule has 2 heterocycles. The predicted octanol–water partition coefficient (Wildman–Crippen LogP) is 3.58. The van der Waals surface area contributed by atoms with Crippen LogP contribution in [0.15, 0.2) is 77.7 Å². The van der Waals surface area contributed by atoms with Crippen molar-refractivity contribution in [3.63, 3.8) is 0 Å². The van der Waals surface area contributed by atoms with Gasteiger partial charge in [-0.3, -0.25) is 9.69 Å². The standard InChI is InChI=1S/C27H31N3O3S/c31-27(29-17-15-28(16-18-29)20-22-7-2-1-3-8-22)25-11-6-14-30(21-25)34(32,33)26-13-12-23-9-4-5-10-24(23)19-26/h1-5,7-10,12-13,19,25H,6,11,14-18,20-21H2/t25-/m0/s1. The number of carbonyl (C=O) groups is 1. The van der Waals surface area contributed by atoms with Crippen LogP contribution < -0.4 is 0 Å². The molecule has 3 aromatic rings. The van der Waals surface area contributed by atoms with Crippen LogP contribution in [0.5, 0.6) is 0 Å². The molecule has 0 aromatic heterocycles. The maximum atomic E-state index is 13.4. The zero-order valence-electron chi connectivity index (χ0n) is 19.3. The third-order valence-corrected chi connectivity index (χ3v) is 8.89. The topological polar surface area (TPSA) is 60.9 Å². The van der Waals surface area contributed by atoms with Gasteiger partial charge in [0.2, 0.25) is 15.9 Å². The molecule has 2 aliphatic heterocycles. The SMILES string of the molecule is O=C([C@H]1CCCN(S(=O)(=O)c2ccc3ccccc3c2)C1)N1CCN(Cc2ccccc2)CC1. The first-order valence-corrected chi connectivity index (χ1v) is 13.5. The first-order valence-electron chi connectivity index (χ1n) is 12.0. The predicted molar refractivity (Wildman–Crippen MR) is 134 cm³/mol. The summed E-state index contributed by atoms with van der Waals surface area (Å²) in [6, 6.07) is 23.4. The lowest BCUT2D eigenvalue weighted by Crippen LogP contribution is -2.52. The third-order valence-electron chi connectivity index (χ3n) is 7.03. The Bertz CT molecular complexity index is 1250. The van der Waals surface area contributed by atoms with E-state index >= 15 is 0 Å². The number of piperazine rings is 1. The van der Waals surface area contributed by atoms with Crippen LogP contribution >= 0.6 is 0 Å². The van der Waals surface area contributed by atoms with E-state index in [0.29, 0.717) is 31.0 Å². The van der Waals surface area contributed by atoms with Crippen molar-refractivity contribution in [1.82, 2.24) is 14.1 Å². The first kappa shape index (κ1) is 23.0. The maximum Gasteiger partial charge on any atom is 0.243 e. The summed E-state index contributed by atoms with van der Waals surface area (Å²) in [5, 5.41) is 1.92. The lowest BCUT2D eigenvalue weighted by atomic mass is 9.97. The number of hydrogen-bond donors (Lipinski definition) is 0. The molecule has 2 saturated heterocycles. The van der Waals surface area contributed by atoms with E-state index in [1.165, 1.54) is 9.87 Å². The normalized spacial score (nSPS) is 20.5. The summed E-state index contributed by atoms with van der Waals surface area (Å²) in [5.74, 6) is -0.178. The Balaban J connectivity index is 1.22. The van der Waals surface area contributed by atoms with Gasteiger partial charge in [0.1, 0.15) is 0 Å². The molecule has 3 aromatic carbocycles. The number of benzene rings is 3. The second-order valence-electron chi connectivity index (χ2n) is 9.30. The molecule has 0 radical (unpaired) electrons. The molecule has 5 rings (SSSR count). The molecule has 2 aliphatic rings. The minimum Gasteiger partial charge on any atom is -0.340 e. The van der Waals surface area contributed by atoms with Gasteiger partial charge in [0.05, 0.1) is 10.8 Å². The van der Waals surface area contributed by atoms with Crippen LogP contribution in [0.1, 0.15) is 18.4 Å². The Morgan fingerprint density at radius 3 is 2.29 bits per heavy atom. The Hall–Kier alpha value is -2.74. The van der Waals surface area contributed by atoms with Crippen molar-refractivity contribution in [1.29, 1.82) is 0 Å². The summed E-state index contributed by atoms with van der Waals surface area (Å²) in [7, 11) is -3.64. The lowest BCUT2D eigenvalue weighted by Gasteiger charge is -2.38. The monoisotopic (exact) mass is 477 g/mol. The molecule has 1 amide bonds. The van der Waals surface area contributed by atoms with Gasteiger partial charge in [0.25, 0.3) is 0 Å². The molecule has 178 valence electrons. The summed E-state index contributed by atoms with van der Waals surface area (Å²) in [4.78, 5) is 17.9. The molecule has 0 aliphatic carbocycles. The van der Waals surface area contributed by atoms with E-state index in [-0.39, 0.29) is 18.4 Å². The van der Waals surface area contributed by atoms with E-state index in [0.717, 1.165) is 36.8 Å². The zero-order valence-corrected chi connectivity index (χ0v) is 20.2. The summed E-state index contributed by atoms with van der Waals surface area (Å²) in [5.41, 5.74) is 1.28. The fourth-order valence-corrected chi connectivity index (χ4v) is 6.63. The van der Waals surface area contributed by atoms with Gasteiger partial charge in [-0.2, -0.15) is 4.31 Å². The average molecular weight is 478 g/mol. The van der Waals surface area contributed by atoms with Crippen molar-refractivity contribution in [2.24, 2.45) is 5.92 Å². The Morgan fingerprint density at radius 1 is 0.824 bits per heavy atom. The number of rotatable bonds is 5. The number of fused-ring (bicyclic) bond motifs is 1. The fraction of sp³-hybridized carbons (Fsp3) is 0.370. The largest absolute Gasteiger partial charge is 0.340 e. The molecule has 6 nitrogen and oxygen atoms in total. The molecule has 1 atom stereocenters. The van der Waals surface area contributed by atoms with E-state index in [2.05, 4.69) is 29.2 Å². The molecule has 7 heteroatoms. The van der Waals surface area contributed by atoms with Crippen LogP contribution in [0.4, 0.5) is 0 Å². The number of amides is 1. The molecule has 0 spiro atoms. The number of hydrogen-bond acceptors (Lipinski definition) is 4. The van der Waals surface area contributed by atoms with Gasteiger partial charge in [-0.05, 0) is 41.3 Å². The summed E-state index contributed by atoms with van der Waals surface area (Å²) in [6.07, 6.45) is 1.45. The van der Waals surface area contributed by atoms with Gasteiger partial charge in [-0.15, -0.1) is 0 Å². The molecular formula is C27H31N3O3S. The van der Waals surface area contributed by atoms with Crippen LogP contribution in [-0.2, 0) is 21.4 Å². The zero-order chi connectivity index (χ0) is 23.5. The highest BCUT2D eigenvalue weighted by Gasteiger charge is 2.36. The van der Waals surface area contributed by atoms with E-state index < -0.39 is 10.0 Å². The maximum absolute atomic E-state index is 13.4. The molecular weight excluding hydrogens is 446 g/mol. The van der Waals surface area contributed by atoms with Gasteiger partial charge < -0.3 is 4.90 Å². The van der Waals surface area contributed by atoms with Crippen molar-refractivity contribution < 1.29 is 13.2 Å². The third kappa shape index (κ3) is 4.87. The highest BCUT2D eigenvalue weighted by molar-refractivity contribution is 7.89. The Labute approximate surface area is 201 Å². The first-order chi connectivity index (χ1) is 16.5. The van der Waals surface area contributed by atoms with E-state index in [1.807, 2.05) is 41.3 Å². The molecule has 0 N–H and O–H groups in total. The minimum atomic E-state index is -3.64. The van der Waals surface area contributed by atoms with Crippen molar-refractivity contribution >= 4 is 26.7 Å². The van der Waals surface area contributed by atoms with E-state index in [9.17, 15) is 13.2 Å². The van der Waals surface area contributed by atoms with Crippen LogP contribution in [-0.4, -0.2) is 67.7 Å². The number of carbonyl (C=O) groups excluding carboxylic acids is 1. The van der Waals surface area contributed by atoms with E-state index in [1.54, 1.807) is 12.1 Å². The van der Waals surface area contributed by atoms with Crippen molar-refractivity contribution in [3.8, 4) is 0 Å².